The van der Waals surface area contributed by atoms with E-state index in [1.807, 2.05) is 4.83 Å². The van der Waals surface area contributed by atoms with Gasteiger partial charge in [0.1, 0.15) is 11.6 Å². The van der Waals surface area contributed by atoms with Crippen LogP contribution < -0.4 is 15.3 Å². The Hall–Kier alpha value is -2.94. The summed E-state index contributed by atoms with van der Waals surface area (Å²) in [6.07, 6.45) is 1.29. The van der Waals surface area contributed by atoms with Crippen LogP contribution in [0.25, 0.3) is 0 Å². The second-order valence-electron chi connectivity index (χ2n) is 4.63. The van der Waals surface area contributed by atoms with E-state index >= 15 is 0 Å². The van der Waals surface area contributed by atoms with Gasteiger partial charge in [-0.15, -0.1) is 0 Å². The lowest BCUT2D eigenvalue weighted by atomic mass is 10.2. The highest BCUT2D eigenvalue weighted by atomic mass is 32.2. The number of carbonyl (C=O) groups excluding carboxylic acids is 1. The van der Waals surface area contributed by atoms with Gasteiger partial charge in [-0.25, -0.2) is 9.22 Å². The Morgan fingerprint density at radius 3 is 2.38 bits per heavy atom. The molecule has 0 bridgehead atoms. The van der Waals surface area contributed by atoms with E-state index < -0.39 is 21.7 Å². The molecule has 9 heteroatoms. The maximum absolute atomic E-state index is 12.8. The Bertz CT molecular complexity index is 834. The van der Waals surface area contributed by atoms with Gasteiger partial charge in [-0.3, -0.25) is 4.79 Å². The molecule has 0 unspecified atom stereocenters. The molecule has 3 N–H and O–H groups in total. The van der Waals surface area contributed by atoms with Crippen LogP contribution in [0.1, 0.15) is 5.56 Å². The SMILES string of the molecule is NC(=O)COc1ccc(/C=N\NS(=O)(=O)c2ccc(F)cc2)cc1. The summed E-state index contributed by atoms with van der Waals surface area (Å²) in [6.45, 7) is -0.231. The molecule has 2 rings (SSSR count). The summed E-state index contributed by atoms with van der Waals surface area (Å²) in [5.74, 6) is -0.676. The number of hydrogen-bond acceptors (Lipinski definition) is 5. The second-order valence-corrected chi connectivity index (χ2v) is 6.29. The summed E-state index contributed by atoms with van der Waals surface area (Å²) in [5, 5.41) is 3.64. The summed E-state index contributed by atoms with van der Waals surface area (Å²) in [5.41, 5.74) is 5.56. The van der Waals surface area contributed by atoms with E-state index in [0.717, 1.165) is 24.3 Å². The molecule has 24 heavy (non-hydrogen) atoms. The van der Waals surface area contributed by atoms with Gasteiger partial charge in [0.05, 0.1) is 11.1 Å². The Morgan fingerprint density at radius 2 is 1.79 bits per heavy atom. The number of nitrogens with one attached hydrogen (secondary N) is 1. The Labute approximate surface area is 138 Å². The number of hydrazone groups is 1. The average molecular weight is 351 g/mol. The van der Waals surface area contributed by atoms with Gasteiger partial charge in [-0.1, -0.05) is 0 Å². The molecule has 0 heterocycles. The molecule has 2 aromatic rings. The quantitative estimate of drug-likeness (QED) is 0.572. The lowest BCUT2D eigenvalue weighted by molar-refractivity contribution is -0.119. The fourth-order valence-electron chi connectivity index (χ4n) is 1.64. The van der Waals surface area contributed by atoms with Crippen molar-refractivity contribution in [1.29, 1.82) is 0 Å². The van der Waals surface area contributed by atoms with E-state index in [1.54, 1.807) is 24.3 Å². The molecule has 0 radical (unpaired) electrons. The predicted octanol–water partition coefficient (Wildman–Crippen LogP) is 1.00. The fraction of sp³-hybridized carbons (Fsp3) is 0.0667. The van der Waals surface area contributed by atoms with Crippen LogP contribution in [0.5, 0.6) is 5.75 Å². The maximum atomic E-state index is 12.8. The molecule has 0 spiro atoms. The summed E-state index contributed by atoms with van der Waals surface area (Å²) >= 11 is 0. The van der Waals surface area contributed by atoms with E-state index in [9.17, 15) is 17.6 Å². The van der Waals surface area contributed by atoms with Gasteiger partial charge in [0.15, 0.2) is 6.61 Å². The first-order valence-corrected chi connectivity index (χ1v) is 8.17. The van der Waals surface area contributed by atoms with E-state index in [1.165, 1.54) is 6.21 Å². The summed E-state index contributed by atoms with van der Waals surface area (Å²) in [4.78, 5) is 12.5. The predicted molar refractivity (Wildman–Crippen MR) is 85.4 cm³/mol. The van der Waals surface area contributed by atoms with Gasteiger partial charge < -0.3 is 10.5 Å². The number of rotatable bonds is 7. The van der Waals surface area contributed by atoms with Crippen LogP contribution >= 0.6 is 0 Å². The van der Waals surface area contributed by atoms with Gasteiger partial charge in [-0.2, -0.15) is 13.5 Å². The average Bonchev–Trinajstić information content (AvgIpc) is 2.54. The highest BCUT2D eigenvalue weighted by Gasteiger charge is 2.12. The van der Waals surface area contributed by atoms with Crippen molar-refractivity contribution in [2.75, 3.05) is 6.61 Å². The number of benzene rings is 2. The highest BCUT2D eigenvalue weighted by molar-refractivity contribution is 7.89. The second kappa shape index (κ2) is 7.55. The Kier molecular flexibility index (Phi) is 5.48. The summed E-state index contributed by atoms with van der Waals surface area (Å²) in [6, 6.07) is 10.8. The smallest absolute Gasteiger partial charge is 0.276 e. The minimum Gasteiger partial charge on any atom is -0.484 e. The first-order valence-electron chi connectivity index (χ1n) is 6.68. The monoisotopic (exact) mass is 351 g/mol. The molecule has 0 fully saturated rings. The molecule has 0 saturated heterocycles. The first kappa shape index (κ1) is 17.4. The number of halogens is 1. The van der Waals surface area contributed by atoms with E-state index in [0.29, 0.717) is 11.3 Å². The van der Waals surface area contributed by atoms with Crippen LogP contribution in [0.3, 0.4) is 0 Å². The summed E-state index contributed by atoms with van der Waals surface area (Å²) < 4.78 is 41.7. The van der Waals surface area contributed by atoms with Gasteiger partial charge >= 0.3 is 0 Å². The van der Waals surface area contributed by atoms with Crippen LogP contribution in [-0.4, -0.2) is 27.1 Å². The minimum absolute atomic E-state index is 0.101. The highest BCUT2D eigenvalue weighted by Crippen LogP contribution is 2.11. The third-order valence-corrected chi connectivity index (χ3v) is 4.01. The molecule has 0 atom stereocenters. The molecule has 7 nitrogen and oxygen atoms in total. The van der Waals surface area contributed by atoms with Crippen molar-refractivity contribution >= 4 is 22.1 Å². The fourth-order valence-corrected chi connectivity index (χ4v) is 2.43. The molecule has 0 saturated carbocycles. The Morgan fingerprint density at radius 1 is 1.17 bits per heavy atom. The number of sulfonamides is 1. The van der Waals surface area contributed by atoms with Crippen molar-refractivity contribution in [1.82, 2.24) is 4.83 Å². The van der Waals surface area contributed by atoms with Crippen molar-refractivity contribution in [3.8, 4) is 5.75 Å². The molecular formula is C15H14FN3O4S. The number of carbonyl (C=O) groups is 1. The van der Waals surface area contributed by atoms with Crippen molar-refractivity contribution in [2.24, 2.45) is 10.8 Å². The van der Waals surface area contributed by atoms with Crippen LogP contribution in [0.4, 0.5) is 4.39 Å². The lowest BCUT2D eigenvalue weighted by Crippen LogP contribution is -2.20. The molecule has 0 aliphatic heterocycles. The molecule has 0 aliphatic carbocycles. The number of nitrogens with zero attached hydrogens (tertiary/aromatic N) is 1. The third-order valence-electron chi connectivity index (χ3n) is 2.77. The normalized spacial score (nSPS) is 11.4. The molecule has 2 aromatic carbocycles. The number of hydrogen-bond donors (Lipinski definition) is 2. The number of primary amides is 1. The van der Waals surface area contributed by atoms with Crippen LogP contribution in [0, 0.1) is 5.82 Å². The molecular weight excluding hydrogens is 337 g/mol. The van der Waals surface area contributed by atoms with E-state index in [2.05, 4.69) is 5.10 Å². The standard InChI is InChI=1S/C15H14FN3O4S/c16-12-3-7-14(8-4-12)24(21,22)19-18-9-11-1-5-13(6-2-11)23-10-15(17)20/h1-9,19H,10H2,(H2,17,20)/b18-9-. The minimum atomic E-state index is -3.86. The van der Waals surface area contributed by atoms with Crippen molar-refractivity contribution < 1.29 is 22.3 Å². The molecule has 1 amide bonds. The van der Waals surface area contributed by atoms with Crippen LogP contribution in [0.15, 0.2) is 58.5 Å². The maximum Gasteiger partial charge on any atom is 0.276 e. The van der Waals surface area contributed by atoms with Gasteiger partial charge in [0.25, 0.3) is 15.9 Å². The van der Waals surface area contributed by atoms with Crippen molar-refractivity contribution in [3.05, 3.63) is 59.9 Å². The lowest BCUT2D eigenvalue weighted by Gasteiger charge is -2.04. The zero-order chi connectivity index (χ0) is 17.6. The largest absolute Gasteiger partial charge is 0.484 e. The number of nitrogens with two attached hydrogens (primary N) is 1. The van der Waals surface area contributed by atoms with Gasteiger partial charge in [-0.05, 0) is 54.1 Å². The van der Waals surface area contributed by atoms with Crippen LogP contribution in [-0.2, 0) is 14.8 Å². The molecule has 126 valence electrons. The van der Waals surface area contributed by atoms with Crippen LogP contribution in [0.2, 0.25) is 0 Å². The molecule has 0 aliphatic rings. The Balaban J connectivity index is 1.98. The van der Waals surface area contributed by atoms with Gasteiger partial charge in [0, 0.05) is 0 Å². The molecule has 0 aromatic heterocycles. The zero-order valence-electron chi connectivity index (χ0n) is 12.3. The first-order chi connectivity index (χ1) is 11.4. The zero-order valence-corrected chi connectivity index (χ0v) is 13.2. The van der Waals surface area contributed by atoms with E-state index in [-0.39, 0.29) is 11.5 Å². The van der Waals surface area contributed by atoms with Crippen molar-refractivity contribution in [2.45, 2.75) is 4.90 Å². The van der Waals surface area contributed by atoms with Crippen molar-refractivity contribution in [3.63, 3.8) is 0 Å². The number of amides is 1. The van der Waals surface area contributed by atoms with Gasteiger partial charge in [0.2, 0.25) is 0 Å². The number of ether oxygens (including phenoxy) is 1. The topological polar surface area (TPSA) is 111 Å². The van der Waals surface area contributed by atoms with E-state index in [4.69, 9.17) is 10.5 Å². The summed E-state index contributed by atoms with van der Waals surface area (Å²) in [7, 11) is -3.86. The third kappa shape index (κ3) is 5.06.